The highest BCUT2D eigenvalue weighted by Crippen LogP contribution is 2.21. The van der Waals surface area contributed by atoms with Crippen molar-refractivity contribution in [3.05, 3.63) is 25.3 Å². The molecule has 0 saturated heterocycles. The third kappa shape index (κ3) is 9.08. The second-order valence-electron chi connectivity index (χ2n) is 5.69. The van der Waals surface area contributed by atoms with Crippen molar-refractivity contribution in [1.82, 2.24) is 0 Å². The zero-order chi connectivity index (χ0) is 17.5. The molecule has 2 nitrogen and oxygen atoms in total. The Kier molecular flexibility index (Phi) is 15.8. The smallest absolute Gasteiger partial charge is 0.192 e. The summed E-state index contributed by atoms with van der Waals surface area (Å²) >= 11 is 0. The van der Waals surface area contributed by atoms with Gasteiger partial charge in [-0.25, -0.2) is 0 Å². The Morgan fingerprint density at radius 3 is 0.955 bits per heavy atom. The molecule has 22 heavy (non-hydrogen) atoms. The van der Waals surface area contributed by atoms with E-state index in [0.717, 1.165) is 13.2 Å². The molecule has 0 unspecified atom stereocenters. The summed E-state index contributed by atoms with van der Waals surface area (Å²) in [7, 11) is -2.62. The Morgan fingerprint density at radius 1 is 0.591 bits per heavy atom. The van der Waals surface area contributed by atoms with E-state index >= 15 is 0 Å². The Morgan fingerprint density at radius 2 is 0.818 bits per heavy atom. The minimum Gasteiger partial charge on any atom is -0.413 e. The largest absolute Gasteiger partial charge is 0.413 e. The first kappa shape index (κ1) is 24.1. The van der Waals surface area contributed by atoms with E-state index in [-0.39, 0.29) is 0 Å². The van der Waals surface area contributed by atoms with E-state index < -0.39 is 16.6 Å². The lowest BCUT2D eigenvalue weighted by molar-refractivity contribution is 0.343. The van der Waals surface area contributed by atoms with Crippen LogP contribution >= 0.6 is 0 Å². The number of hydrogen-bond donors (Lipinski definition) is 0. The van der Waals surface area contributed by atoms with E-state index in [1.807, 2.05) is 12.2 Å². The molecule has 0 fully saturated rings. The maximum absolute atomic E-state index is 5.85. The lowest BCUT2D eigenvalue weighted by atomic mass is 10.7. The lowest BCUT2D eigenvalue weighted by Gasteiger charge is -2.27. The van der Waals surface area contributed by atoms with E-state index in [1.54, 1.807) is 0 Å². The minimum atomic E-state index is -1.31. The third-order valence-corrected chi connectivity index (χ3v) is 14.2. The Balaban J connectivity index is 0. The van der Waals surface area contributed by atoms with Crippen molar-refractivity contribution in [2.24, 2.45) is 0 Å². The summed E-state index contributed by atoms with van der Waals surface area (Å²) in [4.78, 5) is 0. The van der Waals surface area contributed by atoms with Gasteiger partial charge in [-0.15, -0.1) is 13.2 Å². The van der Waals surface area contributed by atoms with Crippen molar-refractivity contribution in [2.75, 3.05) is 13.2 Å². The number of rotatable bonds is 12. The Bertz CT molecular complexity index is 228. The summed E-state index contributed by atoms with van der Waals surface area (Å²) in [5, 5.41) is 0. The normalized spacial score (nSPS) is 11.5. The molecule has 0 radical (unpaired) electrons. The van der Waals surface area contributed by atoms with Gasteiger partial charge in [0.2, 0.25) is 0 Å². The maximum atomic E-state index is 5.85. The van der Waals surface area contributed by atoms with Crippen LogP contribution in [0.2, 0.25) is 36.3 Å². The quantitative estimate of drug-likeness (QED) is 0.302. The molecule has 0 bridgehead atoms. The van der Waals surface area contributed by atoms with Crippen LogP contribution in [-0.2, 0) is 8.85 Å². The van der Waals surface area contributed by atoms with Crippen molar-refractivity contribution < 1.29 is 8.85 Å². The van der Waals surface area contributed by atoms with E-state index in [4.69, 9.17) is 8.85 Å². The molecule has 0 aliphatic rings. The average Bonchev–Trinajstić information content (AvgIpc) is 2.59. The van der Waals surface area contributed by atoms with Crippen LogP contribution in [0.1, 0.15) is 41.5 Å². The van der Waals surface area contributed by atoms with E-state index in [1.165, 1.54) is 36.3 Å². The molecule has 0 aliphatic heterocycles. The van der Waals surface area contributed by atoms with Crippen LogP contribution in [0, 0.1) is 0 Å². The van der Waals surface area contributed by atoms with Crippen LogP contribution in [0.3, 0.4) is 0 Å². The molecule has 0 aromatic rings. The molecular formula is C18H40O2Si2. The summed E-state index contributed by atoms with van der Waals surface area (Å²) < 4.78 is 11.7. The third-order valence-electron chi connectivity index (χ3n) is 4.88. The molecule has 0 atom stereocenters. The Hall–Kier alpha value is -0.166. The van der Waals surface area contributed by atoms with E-state index in [0.29, 0.717) is 0 Å². The van der Waals surface area contributed by atoms with Crippen LogP contribution in [0.25, 0.3) is 0 Å². The second kappa shape index (κ2) is 14.4. The molecule has 0 aliphatic carbocycles. The highest BCUT2D eigenvalue weighted by atomic mass is 28.4. The highest BCUT2D eigenvalue weighted by Gasteiger charge is 2.28. The number of hydrogen-bond acceptors (Lipinski definition) is 2. The van der Waals surface area contributed by atoms with Gasteiger partial charge in [-0.05, 0) is 36.3 Å². The summed E-state index contributed by atoms with van der Waals surface area (Å²) in [5.41, 5.74) is 0. The fourth-order valence-electron chi connectivity index (χ4n) is 2.58. The summed E-state index contributed by atoms with van der Waals surface area (Å²) in [5.74, 6) is 0. The highest BCUT2D eigenvalue weighted by molar-refractivity contribution is 6.73. The molecule has 0 rings (SSSR count). The molecule has 0 N–H and O–H groups in total. The standard InChI is InChI=1S/2C9H20OSi/c2*1-5-9-10-11(6-2,7-3)8-4/h2*5H,1,6-9H2,2-4H3. The zero-order valence-electron chi connectivity index (χ0n) is 16.0. The van der Waals surface area contributed by atoms with Gasteiger partial charge < -0.3 is 8.85 Å². The van der Waals surface area contributed by atoms with E-state index in [9.17, 15) is 0 Å². The van der Waals surface area contributed by atoms with Crippen LogP contribution in [-0.4, -0.2) is 29.8 Å². The van der Waals surface area contributed by atoms with Gasteiger partial charge in [0.25, 0.3) is 0 Å². The van der Waals surface area contributed by atoms with Crippen molar-refractivity contribution in [3.8, 4) is 0 Å². The molecule has 0 amide bonds. The fourth-order valence-corrected chi connectivity index (χ4v) is 7.75. The van der Waals surface area contributed by atoms with Crippen LogP contribution in [0.5, 0.6) is 0 Å². The van der Waals surface area contributed by atoms with Gasteiger partial charge in [0.1, 0.15) is 0 Å². The topological polar surface area (TPSA) is 18.5 Å². The Labute approximate surface area is 142 Å². The lowest BCUT2D eigenvalue weighted by Crippen LogP contribution is -2.35. The van der Waals surface area contributed by atoms with Crippen LogP contribution in [0.4, 0.5) is 0 Å². The summed E-state index contributed by atoms with van der Waals surface area (Å²) in [6.07, 6.45) is 3.70. The fraction of sp³-hybridized carbons (Fsp3) is 0.778. The predicted molar refractivity (Wildman–Crippen MR) is 107 cm³/mol. The molecule has 0 spiro atoms. The van der Waals surface area contributed by atoms with Gasteiger partial charge in [-0.1, -0.05) is 53.7 Å². The molecule has 0 aromatic carbocycles. The molecule has 0 saturated carbocycles. The summed E-state index contributed by atoms with van der Waals surface area (Å²) in [6, 6.07) is 7.38. The van der Waals surface area contributed by atoms with Crippen LogP contribution < -0.4 is 0 Å². The SMILES string of the molecule is C=CCO[Si](CC)(CC)CC.C=CCO[Si](CC)(CC)CC. The minimum absolute atomic E-state index is 0.738. The first-order valence-corrected chi connectivity index (χ1v) is 14.0. The van der Waals surface area contributed by atoms with E-state index in [2.05, 4.69) is 54.7 Å². The first-order chi connectivity index (χ1) is 10.5. The van der Waals surface area contributed by atoms with Crippen molar-refractivity contribution in [2.45, 2.75) is 77.8 Å². The van der Waals surface area contributed by atoms with Gasteiger partial charge >= 0.3 is 0 Å². The molecule has 0 heterocycles. The molecular weight excluding hydrogens is 304 g/mol. The molecule has 132 valence electrons. The second-order valence-corrected chi connectivity index (χ2v) is 15.2. The van der Waals surface area contributed by atoms with Crippen molar-refractivity contribution >= 4 is 16.6 Å². The van der Waals surface area contributed by atoms with Crippen molar-refractivity contribution in [3.63, 3.8) is 0 Å². The van der Waals surface area contributed by atoms with Gasteiger partial charge in [0.05, 0.1) is 13.2 Å². The molecule has 4 heteroatoms. The summed E-state index contributed by atoms with van der Waals surface area (Å²) in [6.45, 7) is 22.2. The van der Waals surface area contributed by atoms with Crippen molar-refractivity contribution in [1.29, 1.82) is 0 Å². The predicted octanol–water partition coefficient (Wildman–Crippen LogP) is 6.39. The van der Waals surface area contributed by atoms with Gasteiger partial charge in [0.15, 0.2) is 16.6 Å². The maximum Gasteiger partial charge on any atom is 0.192 e. The van der Waals surface area contributed by atoms with Crippen LogP contribution in [0.15, 0.2) is 25.3 Å². The van der Waals surface area contributed by atoms with Gasteiger partial charge in [0, 0.05) is 0 Å². The van der Waals surface area contributed by atoms with Gasteiger partial charge in [-0.2, -0.15) is 0 Å². The van der Waals surface area contributed by atoms with Gasteiger partial charge in [-0.3, -0.25) is 0 Å². The molecule has 0 aromatic heterocycles. The first-order valence-electron chi connectivity index (χ1n) is 8.98. The monoisotopic (exact) mass is 344 g/mol. The zero-order valence-corrected chi connectivity index (χ0v) is 18.0. The average molecular weight is 345 g/mol.